The molecule has 0 aromatic heterocycles. The Labute approximate surface area is 97.4 Å². The number of hydrogen-bond donors (Lipinski definition) is 1. The number of carbonyl (C=O) groups is 1. The molecule has 5 nitrogen and oxygen atoms in total. The van der Waals surface area contributed by atoms with Gasteiger partial charge >= 0.3 is 5.97 Å². The lowest BCUT2D eigenvalue weighted by Crippen LogP contribution is -2.37. The first-order chi connectivity index (χ1) is 7.72. The van der Waals surface area contributed by atoms with Crippen molar-refractivity contribution in [1.82, 2.24) is 5.32 Å². The third kappa shape index (κ3) is 8.64. The van der Waals surface area contributed by atoms with Crippen molar-refractivity contribution in [2.24, 2.45) is 0 Å². The van der Waals surface area contributed by atoms with Crippen LogP contribution in [-0.4, -0.2) is 52.1 Å². The summed E-state index contributed by atoms with van der Waals surface area (Å²) in [5, 5.41) is 3.03. The van der Waals surface area contributed by atoms with Crippen molar-refractivity contribution in [2.45, 2.75) is 26.3 Å². The maximum atomic E-state index is 11.2. The van der Waals surface area contributed by atoms with Crippen molar-refractivity contribution in [2.75, 3.05) is 40.1 Å². The number of nitrogens with one attached hydrogen (secondary N) is 1. The zero-order valence-corrected chi connectivity index (χ0v) is 10.5. The summed E-state index contributed by atoms with van der Waals surface area (Å²) in [6.07, 6.45) is 0.893. The van der Waals surface area contributed by atoms with Crippen LogP contribution in [0.2, 0.25) is 0 Å². The maximum absolute atomic E-state index is 11.2. The summed E-state index contributed by atoms with van der Waals surface area (Å²) in [4.78, 5) is 11.2. The van der Waals surface area contributed by atoms with E-state index in [1.807, 2.05) is 0 Å². The van der Waals surface area contributed by atoms with E-state index in [0.717, 1.165) is 6.42 Å². The van der Waals surface area contributed by atoms with Crippen LogP contribution in [0.1, 0.15) is 20.3 Å². The van der Waals surface area contributed by atoms with E-state index >= 15 is 0 Å². The zero-order chi connectivity index (χ0) is 12.2. The van der Waals surface area contributed by atoms with Gasteiger partial charge in [-0.25, -0.2) is 0 Å². The minimum Gasteiger partial charge on any atom is -0.465 e. The Balaban J connectivity index is 3.27. The van der Waals surface area contributed by atoms with Gasteiger partial charge in [-0.1, -0.05) is 0 Å². The summed E-state index contributed by atoms with van der Waals surface area (Å²) in [5.41, 5.74) is 0. The Morgan fingerprint density at radius 3 is 2.69 bits per heavy atom. The molecule has 0 aromatic rings. The highest BCUT2D eigenvalue weighted by Gasteiger charge is 2.11. The lowest BCUT2D eigenvalue weighted by molar-refractivity contribution is -0.145. The van der Waals surface area contributed by atoms with Gasteiger partial charge in [-0.3, -0.25) is 4.79 Å². The quantitative estimate of drug-likeness (QED) is 0.442. The highest BCUT2D eigenvalue weighted by molar-refractivity contribution is 5.75. The molecule has 0 bridgehead atoms. The smallest absolute Gasteiger partial charge is 0.322 e. The number of ether oxygens (including phenoxy) is 3. The van der Waals surface area contributed by atoms with Crippen molar-refractivity contribution in [1.29, 1.82) is 0 Å². The summed E-state index contributed by atoms with van der Waals surface area (Å²) < 4.78 is 15.1. The van der Waals surface area contributed by atoms with Gasteiger partial charge in [0.25, 0.3) is 0 Å². The first kappa shape index (κ1) is 15.3. The van der Waals surface area contributed by atoms with Crippen LogP contribution < -0.4 is 5.32 Å². The fraction of sp³-hybridized carbons (Fsp3) is 0.909. The average molecular weight is 233 g/mol. The summed E-state index contributed by atoms with van der Waals surface area (Å²) in [6.45, 7) is 6.63. The van der Waals surface area contributed by atoms with Gasteiger partial charge in [0.2, 0.25) is 0 Å². The van der Waals surface area contributed by atoms with Gasteiger partial charge in [-0.2, -0.15) is 0 Å². The molecule has 0 aliphatic heterocycles. The molecular formula is C11H23NO4. The van der Waals surface area contributed by atoms with E-state index < -0.39 is 0 Å². The van der Waals surface area contributed by atoms with E-state index in [-0.39, 0.29) is 12.0 Å². The van der Waals surface area contributed by atoms with Crippen molar-refractivity contribution < 1.29 is 19.0 Å². The molecule has 0 spiro atoms. The molecule has 0 heterocycles. The predicted molar refractivity (Wildman–Crippen MR) is 61.4 cm³/mol. The number of carbonyl (C=O) groups excluding carboxylic acids is 1. The molecule has 0 saturated heterocycles. The second kappa shape index (κ2) is 10.9. The van der Waals surface area contributed by atoms with E-state index in [0.29, 0.717) is 33.0 Å². The fourth-order valence-electron chi connectivity index (χ4n) is 1.11. The van der Waals surface area contributed by atoms with Crippen LogP contribution in [0, 0.1) is 0 Å². The second-order valence-corrected chi connectivity index (χ2v) is 3.39. The van der Waals surface area contributed by atoms with Crippen LogP contribution in [0.5, 0.6) is 0 Å². The molecule has 0 saturated carbocycles. The molecule has 0 amide bonds. The molecule has 0 aromatic carbocycles. The van der Waals surface area contributed by atoms with Crippen molar-refractivity contribution >= 4 is 5.97 Å². The highest BCUT2D eigenvalue weighted by Crippen LogP contribution is 1.88. The minimum atomic E-state index is -0.275. The average Bonchev–Trinajstić information content (AvgIpc) is 2.28. The lowest BCUT2D eigenvalue weighted by Gasteiger charge is -2.12. The number of esters is 1. The lowest BCUT2D eigenvalue weighted by atomic mass is 10.3. The van der Waals surface area contributed by atoms with Gasteiger partial charge in [-0.05, 0) is 20.3 Å². The molecule has 0 fully saturated rings. The summed E-state index contributed by atoms with van der Waals surface area (Å²) in [7, 11) is 1.67. The molecular weight excluding hydrogens is 210 g/mol. The molecule has 1 N–H and O–H groups in total. The number of rotatable bonds is 10. The van der Waals surface area contributed by atoms with Gasteiger partial charge < -0.3 is 19.5 Å². The normalized spacial score (nSPS) is 12.4. The molecule has 0 aliphatic carbocycles. The van der Waals surface area contributed by atoms with Gasteiger partial charge in [0.1, 0.15) is 6.04 Å². The van der Waals surface area contributed by atoms with Gasteiger partial charge in [0, 0.05) is 26.9 Å². The first-order valence-corrected chi connectivity index (χ1v) is 5.69. The Hall–Kier alpha value is -0.650. The predicted octanol–water partition coefficient (Wildman–Crippen LogP) is 0.581. The monoisotopic (exact) mass is 233 g/mol. The zero-order valence-electron chi connectivity index (χ0n) is 10.5. The third-order valence-electron chi connectivity index (χ3n) is 1.97. The number of methoxy groups -OCH3 is 1. The Morgan fingerprint density at radius 1 is 1.31 bits per heavy atom. The van der Waals surface area contributed by atoms with Crippen LogP contribution in [0.4, 0.5) is 0 Å². The third-order valence-corrected chi connectivity index (χ3v) is 1.97. The molecule has 96 valence electrons. The van der Waals surface area contributed by atoms with Crippen LogP contribution in [0.15, 0.2) is 0 Å². The standard InChI is InChI=1S/C11H23NO4/c1-4-16-11(13)10(2)12-6-9-15-8-5-7-14-3/h10,12H,4-9H2,1-3H3. The van der Waals surface area contributed by atoms with E-state index in [2.05, 4.69) is 5.32 Å². The minimum absolute atomic E-state index is 0.220. The van der Waals surface area contributed by atoms with E-state index in [4.69, 9.17) is 14.2 Å². The fourth-order valence-corrected chi connectivity index (χ4v) is 1.11. The Morgan fingerprint density at radius 2 is 2.06 bits per heavy atom. The van der Waals surface area contributed by atoms with Crippen LogP contribution in [0.3, 0.4) is 0 Å². The van der Waals surface area contributed by atoms with E-state index in [9.17, 15) is 4.79 Å². The highest BCUT2D eigenvalue weighted by atomic mass is 16.5. The van der Waals surface area contributed by atoms with Crippen LogP contribution >= 0.6 is 0 Å². The molecule has 5 heteroatoms. The number of hydrogen-bond acceptors (Lipinski definition) is 5. The maximum Gasteiger partial charge on any atom is 0.322 e. The van der Waals surface area contributed by atoms with E-state index in [1.165, 1.54) is 0 Å². The van der Waals surface area contributed by atoms with Crippen LogP contribution in [-0.2, 0) is 19.0 Å². The van der Waals surface area contributed by atoms with Crippen molar-refractivity contribution in [3.05, 3.63) is 0 Å². The van der Waals surface area contributed by atoms with Gasteiger partial charge in [0.05, 0.1) is 13.2 Å². The molecule has 1 unspecified atom stereocenters. The topological polar surface area (TPSA) is 56.8 Å². The Kier molecular flexibility index (Phi) is 10.4. The molecule has 1 atom stereocenters. The molecule has 0 radical (unpaired) electrons. The van der Waals surface area contributed by atoms with Crippen LogP contribution in [0.25, 0.3) is 0 Å². The molecule has 0 aliphatic rings. The summed E-state index contributed by atoms with van der Waals surface area (Å²) in [6, 6.07) is -0.275. The largest absolute Gasteiger partial charge is 0.465 e. The Bertz CT molecular complexity index is 175. The summed E-state index contributed by atoms with van der Waals surface area (Å²) >= 11 is 0. The first-order valence-electron chi connectivity index (χ1n) is 5.69. The van der Waals surface area contributed by atoms with Gasteiger partial charge in [-0.15, -0.1) is 0 Å². The van der Waals surface area contributed by atoms with E-state index in [1.54, 1.807) is 21.0 Å². The van der Waals surface area contributed by atoms with Crippen molar-refractivity contribution in [3.8, 4) is 0 Å². The second-order valence-electron chi connectivity index (χ2n) is 3.39. The van der Waals surface area contributed by atoms with Gasteiger partial charge in [0.15, 0.2) is 0 Å². The van der Waals surface area contributed by atoms with Crippen molar-refractivity contribution in [3.63, 3.8) is 0 Å². The SMILES string of the molecule is CCOC(=O)C(C)NCCOCCCOC. The molecule has 16 heavy (non-hydrogen) atoms. The summed E-state index contributed by atoms with van der Waals surface area (Å²) in [5.74, 6) is -0.220. The molecule has 0 rings (SSSR count).